The molecule has 0 saturated carbocycles. The van der Waals surface area contributed by atoms with E-state index in [-0.39, 0.29) is 16.9 Å². The van der Waals surface area contributed by atoms with Crippen molar-refractivity contribution in [3.63, 3.8) is 0 Å². The van der Waals surface area contributed by atoms with E-state index in [0.29, 0.717) is 0 Å². The predicted molar refractivity (Wildman–Crippen MR) is 70.3 cm³/mol. The highest BCUT2D eigenvalue weighted by atomic mass is 16.3. The monoisotopic (exact) mass is 222 g/mol. The molecule has 1 heteroatoms. The summed E-state index contributed by atoms with van der Waals surface area (Å²) in [5.41, 5.74) is 3.48. The first-order chi connectivity index (χ1) is 7.14. The van der Waals surface area contributed by atoms with Crippen LogP contribution in [0.2, 0.25) is 0 Å². The molecule has 0 spiro atoms. The molecule has 0 heterocycles. The third-order valence-corrected chi connectivity index (χ3v) is 3.50. The molecule has 16 heavy (non-hydrogen) atoms. The van der Waals surface area contributed by atoms with Gasteiger partial charge in [-0.3, -0.25) is 0 Å². The van der Waals surface area contributed by atoms with Crippen LogP contribution in [0.5, 0.6) is 0 Å². The molecule has 1 rings (SSSR count). The topological polar surface area (TPSA) is 20.2 Å². The maximum Gasteiger partial charge on any atom is 0.0695 e. The van der Waals surface area contributed by atoms with Gasteiger partial charge in [-0.25, -0.2) is 0 Å². The Morgan fingerprint density at radius 2 is 1.88 bits per heavy atom. The Morgan fingerprint density at radius 3 is 2.31 bits per heavy atom. The molecular weight excluding hydrogens is 196 g/mol. The molecule has 0 amide bonds. The van der Waals surface area contributed by atoms with Gasteiger partial charge in [0.05, 0.1) is 6.10 Å². The van der Waals surface area contributed by atoms with E-state index in [1.54, 1.807) is 12.5 Å². The Kier molecular flexibility index (Phi) is 3.69. The van der Waals surface area contributed by atoms with Crippen LogP contribution in [0.4, 0.5) is 0 Å². The van der Waals surface area contributed by atoms with Crippen molar-refractivity contribution < 1.29 is 5.11 Å². The van der Waals surface area contributed by atoms with Gasteiger partial charge in [0.25, 0.3) is 0 Å². The van der Waals surface area contributed by atoms with Crippen LogP contribution >= 0.6 is 0 Å². The van der Waals surface area contributed by atoms with Crippen LogP contribution in [0.1, 0.15) is 54.4 Å². The highest BCUT2D eigenvalue weighted by Crippen LogP contribution is 2.48. The Labute approximate surface area is 100 Å². The minimum Gasteiger partial charge on any atom is -0.389 e. The van der Waals surface area contributed by atoms with Crippen LogP contribution < -0.4 is 0 Å². The number of aliphatic hydroxyl groups excluding tert-OH is 1. The summed E-state index contributed by atoms with van der Waals surface area (Å²) >= 11 is 0. The summed E-state index contributed by atoms with van der Waals surface area (Å²) in [5.74, 6) is 0. The quantitative estimate of drug-likeness (QED) is 0.746. The molecule has 0 aromatic rings. The Bertz CT molecular complexity index is 311. The average Bonchev–Trinajstić information content (AvgIpc) is 2.36. The Morgan fingerprint density at radius 1 is 1.31 bits per heavy atom. The summed E-state index contributed by atoms with van der Waals surface area (Å²) in [4.78, 5) is 0. The molecule has 92 valence electrons. The molecule has 0 fully saturated rings. The summed E-state index contributed by atoms with van der Waals surface area (Å²) in [6, 6.07) is 0. The molecule has 0 saturated heterocycles. The highest BCUT2D eigenvalue weighted by Gasteiger charge is 2.35. The van der Waals surface area contributed by atoms with Crippen molar-refractivity contribution in [3.8, 4) is 0 Å². The summed E-state index contributed by atoms with van der Waals surface area (Å²) < 4.78 is 0. The Hall–Kier alpha value is -0.560. The van der Waals surface area contributed by atoms with Gasteiger partial charge in [-0.1, -0.05) is 52.3 Å². The van der Waals surface area contributed by atoms with Crippen molar-refractivity contribution in [2.75, 3.05) is 0 Å². The van der Waals surface area contributed by atoms with E-state index in [1.165, 1.54) is 18.4 Å². The molecule has 1 nitrogen and oxygen atoms in total. The zero-order valence-corrected chi connectivity index (χ0v) is 11.6. The normalized spacial score (nSPS) is 23.2. The molecule has 1 unspecified atom stereocenters. The van der Waals surface area contributed by atoms with Crippen LogP contribution in [0.15, 0.2) is 23.3 Å². The first-order valence-electron chi connectivity index (χ1n) is 6.25. The van der Waals surface area contributed by atoms with Gasteiger partial charge in [-0.2, -0.15) is 0 Å². The molecule has 0 bridgehead atoms. The lowest BCUT2D eigenvalue weighted by atomic mass is 9.80. The maximum absolute atomic E-state index is 9.36. The van der Waals surface area contributed by atoms with E-state index in [4.69, 9.17) is 0 Å². The molecule has 0 aromatic heterocycles. The number of rotatable bonds is 2. The van der Waals surface area contributed by atoms with Crippen molar-refractivity contribution in [1.29, 1.82) is 0 Å². The van der Waals surface area contributed by atoms with Crippen LogP contribution in [0.25, 0.3) is 0 Å². The first-order valence-corrected chi connectivity index (χ1v) is 6.25. The van der Waals surface area contributed by atoms with Crippen LogP contribution in [-0.4, -0.2) is 11.2 Å². The molecule has 0 aliphatic heterocycles. The predicted octanol–water partition coefficient (Wildman–Crippen LogP) is 4.09. The molecule has 1 aliphatic rings. The molecule has 1 atom stereocenters. The first kappa shape index (κ1) is 13.5. The number of hydrogen-bond donors (Lipinski definition) is 1. The second-order valence-electron chi connectivity index (χ2n) is 6.63. The van der Waals surface area contributed by atoms with E-state index in [2.05, 4.69) is 40.7 Å². The third-order valence-electron chi connectivity index (χ3n) is 3.50. The van der Waals surface area contributed by atoms with E-state index in [0.717, 1.165) is 0 Å². The minimum absolute atomic E-state index is 0.242. The molecule has 1 aliphatic carbocycles. The van der Waals surface area contributed by atoms with Gasteiger partial charge >= 0.3 is 0 Å². The fraction of sp³-hybridized carbons (Fsp3) is 0.733. The summed E-state index contributed by atoms with van der Waals surface area (Å²) in [5, 5.41) is 9.36. The average molecular weight is 222 g/mol. The fourth-order valence-corrected chi connectivity index (χ4v) is 2.46. The van der Waals surface area contributed by atoms with Crippen molar-refractivity contribution >= 4 is 0 Å². The van der Waals surface area contributed by atoms with E-state index < -0.39 is 0 Å². The Balaban J connectivity index is 3.12. The summed E-state index contributed by atoms with van der Waals surface area (Å²) in [6.07, 6.45) is 6.09. The lowest BCUT2D eigenvalue weighted by Gasteiger charge is -2.25. The smallest absolute Gasteiger partial charge is 0.0695 e. The molecular formula is C15H26O. The maximum atomic E-state index is 9.36. The number of hydrogen-bond acceptors (Lipinski definition) is 1. The van der Waals surface area contributed by atoms with E-state index >= 15 is 0 Å². The highest BCUT2D eigenvalue weighted by molar-refractivity contribution is 5.38. The summed E-state index contributed by atoms with van der Waals surface area (Å²) in [7, 11) is 0. The standard InChI is InChI=1S/C15H26O/c1-11(16)7-8-13-12(14(2,3)4)9-10-15(13,5)6/h7-8,11,16H,9-10H2,1-6H3. The van der Waals surface area contributed by atoms with Gasteiger partial charge in [-0.05, 0) is 36.2 Å². The molecule has 0 radical (unpaired) electrons. The molecule has 1 N–H and O–H groups in total. The van der Waals surface area contributed by atoms with Crippen molar-refractivity contribution in [1.82, 2.24) is 0 Å². The largest absolute Gasteiger partial charge is 0.389 e. The van der Waals surface area contributed by atoms with Gasteiger partial charge in [-0.15, -0.1) is 0 Å². The van der Waals surface area contributed by atoms with Crippen LogP contribution in [-0.2, 0) is 0 Å². The third kappa shape index (κ3) is 2.98. The summed E-state index contributed by atoms with van der Waals surface area (Å²) in [6.45, 7) is 13.2. The molecule has 0 aromatic carbocycles. The van der Waals surface area contributed by atoms with Gasteiger partial charge in [0.1, 0.15) is 0 Å². The van der Waals surface area contributed by atoms with Gasteiger partial charge in [0, 0.05) is 0 Å². The second kappa shape index (κ2) is 4.37. The number of allylic oxidation sites excluding steroid dienone is 3. The van der Waals surface area contributed by atoms with Crippen LogP contribution in [0.3, 0.4) is 0 Å². The number of aliphatic hydroxyl groups is 1. The van der Waals surface area contributed by atoms with E-state index in [1.807, 2.05) is 6.08 Å². The van der Waals surface area contributed by atoms with Gasteiger partial charge in [0.15, 0.2) is 0 Å². The zero-order chi connectivity index (χ0) is 12.6. The van der Waals surface area contributed by atoms with Crippen LogP contribution in [0, 0.1) is 10.8 Å². The van der Waals surface area contributed by atoms with Gasteiger partial charge < -0.3 is 5.11 Å². The lowest BCUT2D eigenvalue weighted by Crippen LogP contribution is -2.13. The lowest BCUT2D eigenvalue weighted by molar-refractivity contribution is 0.244. The minimum atomic E-state index is -0.356. The van der Waals surface area contributed by atoms with Crippen molar-refractivity contribution in [3.05, 3.63) is 23.3 Å². The van der Waals surface area contributed by atoms with Crippen molar-refractivity contribution in [2.24, 2.45) is 10.8 Å². The zero-order valence-electron chi connectivity index (χ0n) is 11.6. The SMILES string of the molecule is CC(O)C=CC1=C(C(C)(C)C)CCC1(C)C. The fourth-order valence-electron chi connectivity index (χ4n) is 2.46. The van der Waals surface area contributed by atoms with E-state index in [9.17, 15) is 5.11 Å². The second-order valence-corrected chi connectivity index (χ2v) is 6.63. The van der Waals surface area contributed by atoms with Crippen molar-refractivity contribution in [2.45, 2.75) is 60.5 Å². The van der Waals surface area contributed by atoms with Gasteiger partial charge in [0.2, 0.25) is 0 Å².